The molecule has 0 aromatic carbocycles. The molecule has 15 heavy (non-hydrogen) atoms. The molecule has 0 saturated heterocycles. The molecule has 0 aromatic rings. The molecule has 0 spiro atoms. The Kier molecular flexibility index (Phi) is 7.62. The van der Waals surface area contributed by atoms with E-state index in [0.717, 1.165) is 0 Å². The van der Waals surface area contributed by atoms with Gasteiger partial charge in [-0.25, -0.2) is 0 Å². The van der Waals surface area contributed by atoms with E-state index in [-0.39, 0.29) is 11.9 Å². The van der Waals surface area contributed by atoms with Crippen molar-refractivity contribution in [2.45, 2.75) is 19.3 Å². The SMILES string of the molecule is CNCCC(=O)N(C)CCCC(=O)OC. The molecule has 0 unspecified atom stereocenters. The highest BCUT2D eigenvalue weighted by Crippen LogP contribution is 1.97. The van der Waals surface area contributed by atoms with Crippen molar-refractivity contribution in [1.29, 1.82) is 0 Å². The van der Waals surface area contributed by atoms with Crippen molar-refractivity contribution in [2.75, 3.05) is 34.3 Å². The van der Waals surface area contributed by atoms with Gasteiger partial charge in [-0.3, -0.25) is 9.59 Å². The lowest BCUT2D eigenvalue weighted by Gasteiger charge is -2.16. The highest BCUT2D eigenvalue weighted by Gasteiger charge is 2.08. The third-order valence-corrected chi connectivity index (χ3v) is 2.12. The number of rotatable bonds is 7. The lowest BCUT2D eigenvalue weighted by Crippen LogP contribution is -2.30. The summed E-state index contributed by atoms with van der Waals surface area (Å²) in [5.74, 6) is -0.139. The molecule has 0 saturated carbocycles. The Balaban J connectivity index is 3.59. The topological polar surface area (TPSA) is 58.6 Å². The fourth-order valence-electron chi connectivity index (χ4n) is 1.11. The third-order valence-electron chi connectivity index (χ3n) is 2.12. The molecule has 0 aliphatic carbocycles. The van der Waals surface area contributed by atoms with Gasteiger partial charge in [0.1, 0.15) is 0 Å². The van der Waals surface area contributed by atoms with Crippen LogP contribution < -0.4 is 5.32 Å². The maximum absolute atomic E-state index is 11.4. The Morgan fingerprint density at radius 1 is 1.33 bits per heavy atom. The summed E-state index contributed by atoms with van der Waals surface area (Å²) >= 11 is 0. The number of nitrogens with zero attached hydrogens (tertiary/aromatic N) is 1. The van der Waals surface area contributed by atoms with Crippen molar-refractivity contribution >= 4 is 11.9 Å². The van der Waals surface area contributed by atoms with Gasteiger partial charge in [-0.15, -0.1) is 0 Å². The van der Waals surface area contributed by atoms with E-state index in [4.69, 9.17) is 0 Å². The van der Waals surface area contributed by atoms with Crippen LogP contribution in [0.2, 0.25) is 0 Å². The van der Waals surface area contributed by atoms with Crippen LogP contribution in [0.1, 0.15) is 19.3 Å². The number of hydrogen-bond donors (Lipinski definition) is 1. The molecule has 0 fully saturated rings. The Hall–Kier alpha value is -1.10. The molecule has 88 valence electrons. The number of esters is 1. The summed E-state index contributed by atoms with van der Waals surface area (Å²) in [6.45, 7) is 1.28. The van der Waals surface area contributed by atoms with Crippen LogP contribution in [0.25, 0.3) is 0 Å². The lowest BCUT2D eigenvalue weighted by atomic mass is 10.3. The van der Waals surface area contributed by atoms with Gasteiger partial charge in [0, 0.05) is 33.0 Å². The number of nitrogens with one attached hydrogen (secondary N) is 1. The van der Waals surface area contributed by atoms with Crippen LogP contribution in [0, 0.1) is 0 Å². The van der Waals surface area contributed by atoms with Gasteiger partial charge in [0.2, 0.25) is 5.91 Å². The Morgan fingerprint density at radius 3 is 2.53 bits per heavy atom. The van der Waals surface area contributed by atoms with E-state index in [2.05, 4.69) is 10.1 Å². The number of carbonyl (C=O) groups is 2. The largest absolute Gasteiger partial charge is 0.469 e. The van der Waals surface area contributed by atoms with Crippen LogP contribution in [0.4, 0.5) is 0 Å². The van der Waals surface area contributed by atoms with E-state index in [9.17, 15) is 9.59 Å². The molecule has 0 aliphatic heterocycles. The summed E-state index contributed by atoms with van der Waals surface area (Å²) in [4.78, 5) is 23.9. The monoisotopic (exact) mass is 216 g/mol. The molecule has 0 radical (unpaired) electrons. The molecule has 0 rings (SSSR count). The maximum atomic E-state index is 11.4. The number of hydrogen-bond acceptors (Lipinski definition) is 4. The molecule has 0 heterocycles. The van der Waals surface area contributed by atoms with Crippen LogP contribution in [0.15, 0.2) is 0 Å². The van der Waals surface area contributed by atoms with E-state index in [1.165, 1.54) is 7.11 Å². The summed E-state index contributed by atoms with van der Waals surface area (Å²) < 4.78 is 4.51. The first-order chi connectivity index (χ1) is 7.11. The zero-order valence-corrected chi connectivity index (χ0v) is 9.71. The number of methoxy groups -OCH3 is 1. The van der Waals surface area contributed by atoms with Gasteiger partial charge in [0.15, 0.2) is 0 Å². The smallest absolute Gasteiger partial charge is 0.305 e. The van der Waals surface area contributed by atoms with E-state index in [1.807, 2.05) is 7.05 Å². The molecule has 5 nitrogen and oxygen atoms in total. The van der Waals surface area contributed by atoms with Gasteiger partial charge in [0.25, 0.3) is 0 Å². The van der Waals surface area contributed by atoms with E-state index in [1.54, 1.807) is 11.9 Å². The number of ether oxygens (including phenoxy) is 1. The minimum atomic E-state index is -0.230. The van der Waals surface area contributed by atoms with Crippen molar-refractivity contribution in [3.05, 3.63) is 0 Å². The van der Waals surface area contributed by atoms with Gasteiger partial charge < -0.3 is 15.0 Å². The number of carbonyl (C=O) groups excluding carboxylic acids is 2. The third kappa shape index (κ3) is 6.90. The van der Waals surface area contributed by atoms with Crippen molar-refractivity contribution in [2.24, 2.45) is 0 Å². The lowest BCUT2D eigenvalue weighted by molar-refractivity contribution is -0.141. The first-order valence-electron chi connectivity index (χ1n) is 5.07. The fraction of sp³-hybridized carbons (Fsp3) is 0.800. The van der Waals surface area contributed by atoms with E-state index in [0.29, 0.717) is 32.4 Å². The summed E-state index contributed by atoms with van der Waals surface area (Å²) in [7, 11) is 4.92. The average molecular weight is 216 g/mol. The van der Waals surface area contributed by atoms with Gasteiger partial charge in [-0.1, -0.05) is 0 Å². The van der Waals surface area contributed by atoms with Crippen molar-refractivity contribution in [3.8, 4) is 0 Å². The van der Waals surface area contributed by atoms with Crippen molar-refractivity contribution < 1.29 is 14.3 Å². The van der Waals surface area contributed by atoms with E-state index >= 15 is 0 Å². The summed E-state index contributed by atoms with van der Waals surface area (Å²) in [5, 5.41) is 2.92. The highest BCUT2D eigenvalue weighted by molar-refractivity contribution is 5.76. The number of amides is 1. The molecular weight excluding hydrogens is 196 g/mol. The van der Waals surface area contributed by atoms with Crippen LogP contribution >= 0.6 is 0 Å². The molecule has 0 aliphatic rings. The summed E-state index contributed by atoms with van der Waals surface area (Å²) in [6.07, 6.45) is 1.50. The van der Waals surface area contributed by atoms with E-state index < -0.39 is 0 Å². The summed E-state index contributed by atoms with van der Waals surface area (Å²) in [5.41, 5.74) is 0. The Morgan fingerprint density at radius 2 is 2.00 bits per heavy atom. The zero-order chi connectivity index (χ0) is 11.7. The second-order valence-corrected chi connectivity index (χ2v) is 3.35. The first kappa shape index (κ1) is 13.9. The zero-order valence-electron chi connectivity index (χ0n) is 9.71. The van der Waals surface area contributed by atoms with Crippen LogP contribution in [-0.4, -0.2) is 51.1 Å². The molecule has 0 aromatic heterocycles. The Labute approximate surface area is 90.8 Å². The maximum Gasteiger partial charge on any atom is 0.305 e. The second-order valence-electron chi connectivity index (χ2n) is 3.35. The normalized spacial score (nSPS) is 9.80. The van der Waals surface area contributed by atoms with Crippen LogP contribution in [0.3, 0.4) is 0 Å². The van der Waals surface area contributed by atoms with Gasteiger partial charge in [-0.05, 0) is 13.5 Å². The molecule has 0 atom stereocenters. The highest BCUT2D eigenvalue weighted by atomic mass is 16.5. The molecule has 1 N–H and O–H groups in total. The van der Waals surface area contributed by atoms with Gasteiger partial charge >= 0.3 is 5.97 Å². The van der Waals surface area contributed by atoms with Crippen LogP contribution in [-0.2, 0) is 14.3 Å². The predicted molar refractivity (Wildman–Crippen MR) is 57.4 cm³/mol. The fourth-order valence-corrected chi connectivity index (χ4v) is 1.11. The minimum absolute atomic E-state index is 0.0919. The van der Waals surface area contributed by atoms with Crippen molar-refractivity contribution in [1.82, 2.24) is 10.2 Å². The van der Waals surface area contributed by atoms with Crippen molar-refractivity contribution in [3.63, 3.8) is 0 Å². The molecule has 1 amide bonds. The molecular formula is C10H20N2O3. The second kappa shape index (κ2) is 8.23. The first-order valence-corrected chi connectivity index (χ1v) is 5.07. The molecule has 0 bridgehead atoms. The Bertz CT molecular complexity index is 207. The van der Waals surface area contributed by atoms with Gasteiger partial charge in [0.05, 0.1) is 7.11 Å². The standard InChI is InChI=1S/C10H20N2O3/c1-11-7-6-9(13)12(2)8-4-5-10(14)15-3/h11H,4-8H2,1-3H3. The molecule has 5 heteroatoms. The minimum Gasteiger partial charge on any atom is -0.469 e. The summed E-state index contributed by atoms with van der Waals surface area (Å²) in [6, 6.07) is 0. The van der Waals surface area contributed by atoms with Crippen LogP contribution in [0.5, 0.6) is 0 Å². The van der Waals surface area contributed by atoms with Gasteiger partial charge in [-0.2, -0.15) is 0 Å². The predicted octanol–water partition coefficient (Wildman–Crippen LogP) is 0.00750. The average Bonchev–Trinajstić information content (AvgIpc) is 2.25. The quantitative estimate of drug-likeness (QED) is 0.609.